The molecule has 0 radical (unpaired) electrons. The highest BCUT2D eigenvalue weighted by Crippen LogP contribution is 2.21. The molecule has 1 aromatic heterocycles. The van der Waals surface area contributed by atoms with Crippen molar-refractivity contribution in [1.29, 1.82) is 0 Å². The van der Waals surface area contributed by atoms with Crippen molar-refractivity contribution in [1.82, 2.24) is 14.9 Å². The van der Waals surface area contributed by atoms with Crippen LogP contribution in [0.15, 0.2) is 11.2 Å². The maximum atomic E-state index is 5.81. The second-order valence-electron chi connectivity index (χ2n) is 4.79. The molecule has 2 heterocycles. The van der Waals surface area contributed by atoms with Crippen molar-refractivity contribution in [2.45, 2.75) is 24.0 Å². The number of rotatable bonds is 4. The molecule has 2 N–H and O–H groups in total. The Labute approximate surface area is 113 Å². The SMILES string of the molecule is CSc1nc(N)cc(N(C)CC2CCCN2C)n1. The first-order chi connectivity index (χ1) is 8.60. The van der Waals surface area contributed by atoms with Crippen LogP contribution >= 0.6 is 11.8 Å². The van der Waals surface area contributed by atoms with E-state index in [1.807, 2.05) is 12.3 Å². The van der Waals surface area contributed by atoms with Gasteiger partial charge in [0.15, 0.2) is 5.16 Å². The highest BCUT2D eigenvalue weighted by atomic mass is 32.2. The molecule has 5 nitrogen and oxygen atoms in total. The van der Waals surface area contributed by atoms with Gasteiger partial charge in [-0.2, -0.15) is 0 Å². The number of hydrogen-bond acceptors (Lipinski definition) is 6. The molecule has 6 heteroatoms. The molecule has 1 aliphatic rings. The third kappa shape index (κ3) is 3.05. The summed E-state index contributed by atoms with van der Waals surface area (Å²) in [5, 5.41) is 0.733. The van der Waals surface area contributed by atoms with E-state index in [-0.39, 0.29) is 0 Å². The first-order valence-corrected chi connectivity index (χ1v) is 7.42. The average Bonchev–Trinajstić information content (AvgIpc) is 2.74. The molecule has 1 aliphatic heterocycles. The summed E-state index contributed by atoms with van der Waals surface area (Å²) in [6, 6.07) is 2.46. The lowest BCUT2D eigenvalue weighted by Crippen LogP contribution is -2.37. The minimum Gasteiger partial charge on any atom is -0.383 e. The number of nitrogen functional groups attached to an aromatic ring is 1. The normalized spacial score (nSPS) is 20.3. The average molecular weight is 267 g/mol. The van der Waals surface area contributed by atoms with E-state index in [9.17, 15) is 0 Å². The summed E-state index contributed by atoms with van der Waals surface area (Å²) >= 11 is 1.52. The Kier molecular flexibility index (Phi) is 4.29. The first kappa shape index (κ1) is 13.4. The minimum absolute atomic E-state index is 0.538. The van der Waals surface area contributed by atoms with Crippen LogP contribution in [0.1, 0.15) is 12.8 Å². The molecule has 18 heavy (non-hydrogen) atoms. The van der Waals surface area contributed by atoms with E-state index < -0.39 is 0 Å². The molecule has 0 aromatic carbocycles. The van der Waals surface area contributed by atoms with Crippen molar-refractivity contribution in [3.05, 3.63) is 6.07 Å². The van der Waals surface area contributed by atoms with Crippen LogP contribution in [0.5, 0.6) is 0 Å². The lowest BCUT2D eigenvalue weighted by molar-refractivity contribution is 0.314. The lowest BCUT2D eigenvalue weighted by atomic mass is 10.2. The van der Waals surface area contributed by atoms with Gasteiger partial charge in [0.1, 0.15) is 11.6 Å². The Bertz CT molecular complexity index is 411. The molecular formula is C12H21N5S. The molecule has 1 aromatic rings. The zero-order valence-corrected chi connectivity index (χ0v) is 12.1. The molecule has 1 fully saturated rings. The van der Waals surface area contributed by atoms with Gasteiger partial charge < -0.3 is 15.5 Å². The third-order valence-corrected chi connectivity index (χ3v) is 3.99. The highest BCUT2D eigenvalue weighted by Gasteiger charge is 2.22. The second kappa shape index (κ2) is 5.75. The van der Waals surface area contributed by atoms with Gasteiger partial charge in [-0.1, -0.05) is 11.8 Å². The lowest BCUT2D eigenvalue weighted by Gasteiger charge is -2.26. The topological polar surface area (TPSA) is 58.3 Å². The van der Waals surface area contributed by atoms with Gasteiger partial charge in [0, 0.05) is 25.7 Å². The molecule has 1 atom stereocenters. The van der Waals surface area contributed by atoms with Crippen LogP contribution < -0.4 is 10.6 Å². The van der Waals surface area contributed by atoms with Gasteiger partial charge in [-0.15, -0.1) is 0 Å². The van der Waals surface area contributed by atoms with E-state index in [1.54, 1.807) is 0 Å². The predicted molar refractivity (Wildman–Crippen MR) is 77.1 cm³/mol. The Morgan fingerprint density at radius 1 is 1.56 bits per heavy atom. The number of aromatic nitrogens is 2. The minimum atomic E-state index is 0.538. The number of nitrogens with zero attached hydrogens (tertiary/aromatic N) is 4. The van der Waals surface area contributed by atoms with Crippen LogP contribution in [-0.4, -0.2) is 54.4 Å². The van der Waals surface area contributed by atoms with Gasteiger partial charge in [0.25, 0.3) is 0 Å². The maximum Gasteiger partial charge on any atom is 0.191 e. The monoisotopic (exact) mass is 267 g/mol. The third-order valence-electron chi connectivity index (χ3n) is 3.44. The van der Waals surface area contributed by atoms with Crippen LogP contribution in [0.3, 0.4) is 0 Å². The number of likely N-dealkylation sites (N-methyl/N-ethyl adjacent to an activating group) is 2. The largest absolute Gasteiger partial charge is 0.383 e. The Balaban J connectivity index is 2.08. The fourth-order valence-corrected chi connectivity index (χ4v) is 2.72. The van der Waals surface area contributed by atoms with Crippen LogP contribution in [0.4, 0.5) is 11.6 Å². The highest BCUT2D eigenvalue weighted by molar-refractivity contribution is 7.98. The molecule has 0 amide bonds. The van der Waals surface area contributed by atoms with E-state index in [1.165, 1.54) is 31.1 Å². The Morgan fingerprint density at radius 2 is 2.33 bits per heavy atom. The van der Waals surface area contributed by atoms with Gasteiger partial charge >= 0.3 is 0 Å². The number of hydrogen-bond donors (Lipinski definition) is 1. The maximum absolute atomic E-state index is 5.81. The predicted octanol–water partition coefficient (Wildman–Crippen LogP) is 1.31. The van der Waals surface area contributed by atoms with E-state index in [2.05, 4.69) is 33.9 Å². The van der Waals surface area contributed by atoms with E-state index >= 15 is 0 Å². The van der Waals surface area contributed by atoms with Crippen molar-refractivity contribution >= 4 is 23.4 Å². The number of likely N-dealkylation sites (tertiary alicyclic amines) is 1. The van der Waals surface area contributed by atoms with Crippen LogP contribution in [-0.2, 0) is 0 Å². The second-order valence-corrected chi connectivity index (χ2v) is 5.57. The summed E-state index contributed by atoms with van der Waals surface area (Å²) in [6.45, 7) is 2.18. The molecule has 0 saturated carbocycles. The molecule has 2 rings (SSSR count). The quantitative estimate of drug-likeness (QED) is 0.656. The Hall–Kier alpha value is -1.01. The van der Waals surface area contributed by atoms with Crippen LogP contribution in [0.2, 0.25) is 0 Å². The molecular weight excluding hydrogens is 246 g/mol. The number of thioether (sulfide) groups is 1. The van der Waals surface area contributed by atoms with Crippen LogP contribution in [0, 0.1) is 0 Å². The fourth-order valence-electron chi connectivity index (χ4n) is 2.34. The van der Waals surface area contributed by atoms with E-state index in [4.69, 9.17) is 5.73 Å². The van der Waals surface area contributed by atoms with Crippen molar-refractivity contribution in [3.63, 3.8) is 0 Å². The molecule has 0 bridgehead atoms. The number of nitrogens with two attached hydrogens (primary N) is 1. The van der Waals surface area contributed by atoms with Crippen molar-refractivity contribution < 1.29 is 0 Å². The number of anilines is 2. The van der Waals surface area contributed by atoms with Crippen molar-refractivity contribution in [2.24, 2.45) is 0 Å². The van der Waals surface area contributed by atoms with Gasteiger partial charge in [-0.25, -0.2) is 9.97 Å². The molecule has 1 saturated heterocycles. The molecule has 100 valence electrons. The summed E-state index contributed by atoms with van der Waals surface area (Å²) < 4.78 is 0. The van der Waals surface area contributed by atoms with Crippen molar-refractivity contribution in [2.75, 3.05) is 44.1 Å². The summed E-state index contributed by atoms with van der Waals surface area (Å²) in [5.74, 6) is 1.45. The summed E-state index contributed by atoms with van der Waals surface area (Å²) in [7, 11) is 4.26. The molecule has 0 aliphatic carbocycles. The summed E-state index contributed by atoms with van der Waals surface area (Å²) in [4.78, 5) is 13.3. The zero-order chi connectivity index (χ0) is 13.1. The van der Waals surface area contributed by atoms with Crippen LogP contribution in [0.25, 0.3) is 0 Å². The van der Waals surface area contributed by atoms with Gasteiger partial charge in [-0.05, 0) is 32.7 Å². The zero-order valence-electron chi connectivity index (χ0n) is 11.3. The first-order valence-electron chi connectivity index (χ1n) is 6.20. The van der Waals surface area contributed by atoms with Gasteiger partial charge in [-0.3, -0.25) is 0 Å². The summed E-state index contributed by atoms with van der Waals surface area (Å²) in [6.07, 6.45) is 4.51. The van der Waals surface area contributed by atoms with Gasteiger partial charge in [0.2, 0.25) is 0 Å². The van der Waals surface area contributed by atoms with E-state index in [0.29, 0.717) is 11.9 Å². The van der Waals surface area contributed by atoms with Gasteiger partial charge in [0.05, 0.1) is 0 Å². The fraction of sp³-hybridized carbons (Fsp3) is 0.667. The smallest absolute Gasteiger partial charge is 0.191 e. The molecule has 1 unspecified atom stereocenters. The Morgan fingerprint density at radius 3 is 2.94 bits per heavy atom. The van der Waals surface area contributed by atoms with Crippen molar-refractivity contribution in [3.8, 4) is 0 Å². The molecule has 0 spiro atoms. The standard InChI is InChI=1S/C12H21N5S/c1-16-6-4-5-9(16)8-17(2)11-7-10(13)14-12(15-11)18-3/h7,9H,4-6,8H2,1-3H3,(H2,13,14,15). The van der Waals surface area contributed by atoms with E-state index in [0.717, 1.165) is 17.5 Å². The summed E-state index contributed by atoms with van der Waals surface area (Å²) in [5.41, 5.74) is 5.81.